The molecule has 0 radical (unpaired) electrons. The number of carbonyl (C=O) groups is 4. The summed E-state index contributed by atoms with van der Waals surface area (Å²) in [6, 6.07) is 2.10. The minimum Gasteiger partial charge on any atom is -0.434 e. The van der Waals surface area contributed by atoms with Gasteiger partial charge < -0.3 is 4.74 Å². The quantitative estimate of drug-likeness (QED) is 0.0757. The second-order valence-corrected chi connectivity index (χ2v) is 13.0. The van der Waals surface area contributed by atoms with Gasteiger partial charge in [0.25, 0.3) is 11.8 Å². The largest absolute Gasteiger partial charge is 0.434 e. The summed E-state index contributed by atoms with van der Waals surface area (Å²) in [6.45, 7) is 0. The van der Waals surface area contributed by atoms with Gasteiger partial charge >= 0.3 is 18.2 Å². The minimum atomic E-state index is -4.87. The van der Waals surface area contributed by atoms with Crippen molar-refractivity contribution in [2.24, 2.45) is 0 Å². The Bertz CT molecular complexity index is 2470. The van der Waals surface area contributed by atoms with Crippen molar-refractivity contribution in [3.8, 4) is 11.6 Å². The average molecular weight is 920 g/mol. The summed E-state index contributed by atoms with van der Waals surface area (Å²) in [4.78, 5) is 57.7. The van der Waals surface area contributed by atoms with Crippen LogP contribution in [0.25, 0.3) is 0 Å². The number of benzene rings is 4. The molecule has 1 heterocycles. The van der Waals surface area contributed by atoms with E-state index in [0.717, 1.165) is 12.1 Å². The fourth-order valence-electron chi connectivity index (χ4n) is 4.72. The molecule has 24 heteroatoms. The lowest BCUT2D eigenvalue weighted by Gasteiger charge is -2.35. The Kier molecular flexibility index (Phi) is 12.9. The molecule has 5 rings (SSSR count). The van der Waals surface area contributed by atoms with Crippen molar-refractivity contribution in [3.63, 3.8) is 0 Å². The predicted octanol–water partition coefficient (Wildman–Crippen LogP) is 11.3. The maximum atomic E-state index is 15.9. The number of hydrazine groups is 1. The fourth-order valence-corrected chi connectivity index (χ4v) is 5.92. The van der Waals surface area contributed by atoms with Gasteiger partial charge in [0.15, 0.2) is 17.4 Å². The summed E-state index contributed by atoms with van der Waals surface area (Å²) in [6.07, 6.45) is -4.54. The number of pyridine rings is 1. The van der Waals surface area contributed by atoms with Gasteiger partial charge in [-0.25, -0.2) is 40.9 Å². The Hall–Kier alpha value is -5.47. The van der Waals surface area contributed by atoms with Gasteiger partial charge in [0.1, 0.15) is 50.1 Å². The van der Waals surface area contributed by atoms with E-state index in [1.807, 2.05) is 0 Å². The molecule has 2 N–H and O–H groups in total. The molecule has 0 bridgehead atoms. The first-order valence-corrected chi connectivity index (χ1v) is 16.9. The highest BCUT2D eigenvalue weighted by atomic mass is 35.5. The third-order valence-corrected chi connectivity index (χ3v) is 8.72. The number of urea groups is 2. The molecule has 0 spiro atoms. The number of hydrogen-bond acceptors (Lipinski definition) is 6. The lowest BCUT2D eigenvalue weighted by molar-refractivity contribution is -0.137. The zero-order chi connectivity index (χ0) is 43.0. The molecule has 302 valence electrons. The van der Waals surface area contributed by atoms with Gasteiger partial charge in [0.2, 0.25) is 5.88 Å². The van der Waals surface area contributed by atoms with Crippen LogP contribution in [0.5, 0.6) is 11.6 Å². The van der Waals surface area contributed by atoms with Crippen LogP contribution in [-0.2, 0) is 6.18 Å². The number of aromatic nitrogens is 1. The molecular weight excluding hydrogens is 907 g/mol. The number of nitrogens with one attached hydrogen (secondary N) is 2. The molecule has 5 aromatic rings. The van der Waals surface area contributed by atoms with E-state index in [1.54, 1.807) is 0 Å². The van der Waals surface area contributed by atoms with Crippen LogP contribution in [0, 0.1) is 34.9 Å². The Morgan fingerprint density at radius 1 is 0.621 bits per heavy atom. The highest BCUT2D eigenvalue weighted by molar-refractivity contribution is 6.38. The Morgan fingerprint density at radius 3 is 1.53 bits per heavy atom. The number of imide groups is 2. The smallest absolute Gasteiger partial charge is 0.417 e. The van der Waals surface area contributed by atoms with Gasteiger partial charge in [-0.3, -0.25) is 20.2 Å². The van der Waals surface area contributed by atoms with Crippen molar-refractivity contribution in [2.75, 3.05) is 10.0 Å². The number of hydrogen-bond donors (Lipinski definition) is 2. The zero-order valence-corrected chi connectivity index (χ0v) is 31.3. The van der Waals surface area contributed by atoms with E-state index in [2.05, 4.69) is 4.98 Å². The van der Waals surface area contributed by atoms with Gasteiger partial charge in [0.05, 0.1) is 26.3 Å². The normalized spacial score (nSPS) is 11.2. The molecule has 1 aromatic heterocycles. The number of halogens is 14. The van der Waals surface area contributed by atoms with Crippen molar-refractivity contribution < 1.29 is 63.4 Å². The Labute approximate surface area is 342 Å². The summed E-state index contributed by atoms with van der Waals surface area (Å²) in [7, 11) is 0. The molecule has 0 unspecified atom stereocenters. The molecule has 0 atom stereocenters. The monoisotopic (exact) mass is 917 g/mol. The van der Waals surface area contributed by atoms with Gasteiger partial charge in [-0.05, 0) is 48.5 Å². The SMILES string of the molecule is O=C(NC(=O)N(c1cc(Cl)c(Oc2ncc(C(F)(F)F)cc2Cl)c(Cl)c1)N(C(=O)NC(=O)c1c(F)cccc1F)c1cc(Cl)c(F)c(Cl)c1F)c1c(F)cccc1F. The second kappa shape index (κ2) is 17.2. The lowest BCUT2D eigenvalue weighted by atomic mass is 10.2. The first-order chi connectivity index (χ1) is 27.1. The molecule has 0 saturated heterocycles. The lowest BCUT2D eigenvalue weighted by Crippen LogP contribution is -2.59. The summed E-state index contributed by atoms with van der Waals surface area (Å²) < 4.78 is 134. The van der Waals surface area contributed by atoms with Crippen LogP contribution in [0.15, 0.2) is 66.9 Å². The molecule has 4 aromatic carbocycles. The van der Waals surface area contributed by atoms with E-state index in [0.29, 0.717) is 54.7 Å². The first-order valence-electron chi connectivity index (χ1n) is 15.0. The van der Waals surface area contributed by atoms with Crippen LogP contribution in [-0.4, -0.2) is 28.9 Å². The highest BCUT2D eigenvalue weighted by Gasteiger charge is 2.38. The molecule has 0 saturated carbocycles. The number of anilines is 2. The summed E-state index contributed by atoms with van der Waals surface area (Å²) in [5, 5.41) is -2.09. The summed E-state index contributed by atoms with van der Waals surface area (Å²) in [5.41, 5.74) is -6.30. The van der Waals surface area contributed by atoms with Crippen LogP contribution < -0.4 is 25.4 Å². The van der Waals surface area contributed by atoms with E-state index in [-0.39, 0.29) is 10.0 Å². The summed E-state index contributed by atoms with van der Waals surface area (Å²) in [5.74, 6) is -14.7. The number of nitrogens with zero attached hydrogens (tertiary/aromatic N) is 3. The highest BCUT2D eigenvalue weighted by Crippen LogP contribution is 2.43. The van der Waals surface area contributed by atoms with Gasteiger partial charge in [-0.2, -0.15) is 23.2 Å². The topological polar surface area (TPSA) is 121 Å². The molecule has 0 aliphatic heterocycles. The van der Waals surface area contributed by atoms with Crippen molar-refractivity contribution in [2.45, 2.75) is 6.18 Å². The van der Waals surface area contributed by atoms with Crippen molar-refractivity contribution in [1.29, 1.82) is 0 Å². The minimum absolute atomic E-state index is 0.120. The number of amides is 6. The van der Waals surface area contributed by atoms with Crippen molar-refractivity contribution >= 4 is 93.3 Å². The number of carbonyl (C=O) groups excluding carboxylic acids is 4. The zero-order valence-electron chi connectivity index (χ0n) is 27.5. The molecule has 0 aliphatic rings. The van der Waals surface area contributed by atoms with Gasteiger partial charge in [-0.1, -0.05) is 70.1 Å². The molecule has 10 nitrogen and oxygen atoms in total. The van der Waals surface area contributed by atoms with Crippen molar-refractivity contribution in [3.05, 3.63) is 144 Å². The Morgan fingerprint density at radius 2 is 1.09 bits per heavy atom. The number of alkyl halides is 3. The maximum Gasteiger partial charge on any atom is 0.417 e. The number of ether oxygens (including phenoxy) is 1. The van der Waals surface area contributed by atoms with Crippen LogP contribution in [0.2, 0.25) is 25.1 Å². The van der Waals surface area contributed by atoms with Crippen LogP contribution in [0.3, 0.4) is 0 Å². The Balaban J connectivity index is 1.71. The maximum absolute atomic E-state index is 15.9. The molecule has 0 aliphatic carbocycles. The molecular formula is C34H13Cl5F9N5O5. The van der Waals surface area contributed by atoms with E-state index in [9.17, 15) is 54.3 Å². The van der Waals surface area contributed by atoms with E-state index in [4.69, 9.17) is 62.7 Å². The third kappa shape index (κ3) is 8.97. The van der Waals surface area contributed by atoms with E-state index >= 15 is 4.39 Å². The number of rotatable bonds is 6. The van der Waals surface area contributed by atoms with Crippen LogP contribution in [0.4, 0.5) is 60.5 Å². The standard InChI is InChI=1S/C34H13Cl5F9N5O5/c35-14-10-22(27(45)25(39)26(14)44)53(33(57)51-30(55)24-20(42)5-2-6-21(24)43)52(32(56)50-29(54)23-18(40)3-1-4-19(23)41)13-8-15(36)28(16(37)9-13)58-31-17(38)7-12(11-49-31)34(46,47)48/h1-11H,(H,50,54,56)(H,51,55,57). The second-order valence-electron chi connectivity index (χ2n) is 11.0. The predicted molar refractivity (Wildman–Crippen MR) is 191 cm³/mol. The molecule has 0 fully saturated rings. The fraction of sp³-hybridized carbons (Fsp3) is 0.0294. The average Bonchev–Trinajstić information content (AvgIpc) is 3.12. The summed E-state index contributed by atoms with van der Waals surface area (Å²) >= 11 is 30.2. The van der Waals surface area contributed by atoms with Crippen LogP contribution in [0.1, 0.15) is 26.3 Å². The van der Waals surface area contributed by atoms with Gasteiger partial charge in [0, 0.05) is 6.20 Å². The third-order valence-electron chi connectivity index (χ3n) is 7.28. The van der Waals surface area contributed by atoms with Gasteiger partial charge in [-0.15, -0.1) is 0 Å². The van der Waals surface area contributed by atoms with E-state index in [1.165, 1.54) is 10.6 Å². The molecule has 6 amide bonds. The van der Waals surface area contributed by atoms with Crippen molar-refractivity contribution in [1.82, 2.24) is 15.6 Å². The first kappa shape index (κ1) is 43.6. The molecule has 58 heavy (non-hydrogen) atoms. The van der Waals surface area contributed by atoms with Crippen LogP contribution >= 0.6 is 58.0 Å². The van der Waals surface area contributed by atoms with E-state index < -0.39 is 130 Å².